The molecule has 0 aliphatic carbocycles. The van der Waals surface area contributed by atoms with E-state index in [9.17, 15) is 8.42 Å². The van der Waals surface area contributed by atoms with Crippen LogP contribution in [-0.4, -0.2) is 18.4 Å². The molecule has 7 nitrogen and oxygen atoms in total. The lowest BCUT2D eigenvalue weighted by Gasteiger charge is -2.16. The van der Waals surface area contributed by atoms with Crippen molar-refractivity contribution in [2.45, 2.75) is 41.4 Å². The number of nitrogens with zero attached hydrogens (tertiary/aromatic N) is 2. The fourth-order valence-electron chi connectivity index (χ4n) is 2.13. The van der Waals surface area contributed by atoms with Crippen LogP contribution in [0.25, 0.3) is 0 Å². The van der Waals surface area contributed by atoms with Crippen LogP contribution in [0.3, 0.4) is 0 Å². The van der Waals surface area contributed by atoms with Gasteiger partial charge in [-0.25, -0.2) is 18.5 Å². The first-order valence-electron chi connectivity index (χ1n) is 6.82. The Balaban J connectivity index is 2.59. The summed E-state index contributed by atoms with van der Waals surface area (Å²) in [5.74, 6) is 0.529. The number of rotatable bonds is 4. The summed E-state index contributed by atoms with van der Waals surface area (Å²) in [5.41, 5.74) is 13.0. The number of aromatic nitrogens is 2. The number of nitrogens with two attached hydrogens (primary N) is 3. The molecule has 2 rings (SSSR count). The highest BCUT2D eigenvalue weighted by molar-refractivity contribution is 7.99. The Kier molecular flexibility index (Phi) is 4.83. The zero-order chi connectivity index (χ0) is 17.4. The third-order valence-electron chi connectivity index (χ3n) is 3.26. The summed E-state index contributed by atoms with van der Waals surface area (Å²) in [5, 5.41) is 5.29. The maximum atomic E-state index is 11.8. The van der Waals surface area contributed by atoms with E-state index in [-0.39, 0.29) is 22.6 Å². The van der Waals surface area contributed by atoms with Crippen molar-refractivity contribution in [1.29, 1.82) is 0 Å². The van der Waals surface area contributed by atoms with Gasteiger partial charge in [0.15, 0.2) is 0 Å². The molecule has 0 radical (unpaired) electrons. The quantitative estimate of drug-likeness (QED) is 0.762. The summed E-state index contributed by atoms with van der Waals surface area (Å²) in [6, 6.07) is 3.40. The average molecular weight is 353 g/mol. The Hall–Kier alpha value is -1.84. The van der Waals surface area contributed by atoms with Gasteiger partial charge in [-0.3, -0.25) is 0 Å². The van der Waals surface area contributed by atoms with Crippen LogP contribution >= 0.6 is 11.8 Å². The third-order valence-corrected chi connectivity index (χ3v) is 5.42. The molecule has 124 valence electrons. The molecular weight excluding hydrogens is 334 g/mol. The van der Waals surface area contributed by atoms with Gasteiger partial charge in [0.25, 0.3) is 0 Å². The molecule has 0 saturated heterocycles. The SMILES string of the molecule is Cc1cc(C(C)C)c(Sc2cnc(N)nc2N)cc1S(N)(=O)=O. The van der Waals surface area contributed by atoms with E-state index in [1.807, 2.05) is 19.9 Å². The van der Waals surface area contributed by atoms with Crippen molar-refractivity contribution in [1.82, 2.24) is 9.97 Å². The van der Waals surface area contributed by atoms with E-state index >= 15 is 0 Å². The number of hydrogen-bond acceptors (Lipinski definition) is 7. The van der Waals surface area contributed by atoms with Crippen LogP contribution in [0.2, 0.25) is 0 Å². The van der Waals surface area contributed by atoms with Crippen molar-refractivity contribution in [3.05, 3.63) is 29.5 Å². The number of aryl methyl sites for hydroxylation is 1. The molecule has 0 fully saturated rings. The Morgan fingerprint density at radius 1 is 1.17 bits per heavy atom. The van der Waals surface area contributed by atoms with Crippen molar-refractivity contribution in [3.8, 4) is 0 Å². The van der Waals surface area contributed by atoms with E-state index in [4.69, 9.17) is 16.6 Å². The van der Waals surface area contributed by atoms with Crippen LogP contribution < -0.4 is 16.6 Å². The first kappa shape index (κ1) is 17.5. The van der Waals surface area contributed by atoms with E-state index in [1.165, 1.54) is 18.0 Å². The zero-order valence-corrected chi connectivity index (χ0v) is 14.7. The lowest BCUT2D eigenvalue weighted by Crippen LogP contribution is -2.14. The van der Waals surface area contributed by atoms with E-state index in [0.29, 0.717) is 10.5 Å². The maximum Gasteiger partial charge on any atom is 0.238 e. The second kappa shape index (κ2) is 6.34. The summed E-state index contributed by atoms with van der Waals surface area (Å²) in [7, 11) is -3.80. The summed E-state index contributed by atoms with van der Waals surface area (Å²) in [6.45, 7) is 5.78. The molecule has 9 heteroatoms. The van der Waals surface area contributed by atoms with Crippen molar-refractivity contribution < 1.29 is 8.42 Å². The largest absolute Gasteiger partial charge is 0.383 e. The van der Waals surface area contributed by atoms with Gasteiger partial charge in [0.05, 0.1) is 9.79 Å². The Morgan fingerprint density at radius 3 is 2.35 bits per heavy atom. The number of sulfonamides is 1. The van der Waals surface area contributed by atoms with Crippen molar-refractivity contribution in [3.63, 3.8) is 0 Å². The number of benzene rings is 1. The van der Waals surface area contributed by atoms with Crippen LogP contribution in [0.5, 0.6) is 0 Å². The molecular formula is C14H19N5O2S2. The normalized spacial score (nSPS) is 11.9. The summed E-state index contributed by atoms with van der Waals surface area (Å²) >= 11 is 1.29. The fraction of sp³-hybridized carbons (Fsp3) is 0.286. The maximum absolute atomic E-state index is 11.8. The Labute approximate surface area is 139 Å². The Morgan fingerprint density at radius 2 is 1.83 bits per heavy atom. The van der Waals surface area contributed by atoms with Gasteiger partial charge < -0.3 is 11.5 Å². The van der Waals surface area contributed by atoms with Crippen LogP contribution in [0.15, 0.2) is 33.0 Å². The minimum atomic E-state index is -3.80. The van der Waals surface area contributed by atoms with Gasteiger partial charge >= 0.3 is 0 Å². The molecule has 0 aliphatic heterocycles. The molecule has 1 heterocycles. The summed E-state index contributed by atoms with van der Waals surface area (Å²) < 4.78 is 23.5. The molecule has 1 aromatic carbocycles. The summed E-state index contributed by atoms with van der Waals surface area (Å²) in [6.07, 6.45) is 1.52. The van der Waals surface area contributed by atoms with Crippen molar-refractivity contribution in [2.75, 3.05) is 11.5 Å². The van der Waals surface area contributed by atoms with Gasteiger partial charge in [0.1, 0.15) is 5.82 Å². The van der Waals surface area contributed by atoms with Gasteiger partial charge in [-0.2, -0.15) is 4.98 Å². The molecule has 0 atom stereocenters. The molecule has 23 heavy (non-hydrogen) atoms. The molecule has 0 unspecified atom stereocenters. The van der Waals surface area contributed by atoms with Gasteiger partial charge in [0.2, 0.25) is 16.0 Å². The minimum absolute atomic E-state index is 0.0880. The average Bonchev–Trinajstić information content (AvgIpc) is 2.41. The molecule has 2 aromatic rings. The fourth-order valence-corrected chi connectivity index (χ4v) is 4.08. The van der Waals surface area contributed by atoms with Crippen LogP contribution in [0, 0.1) is 6.92 Å². The standard InChI is InChI=1S/C14H19N5O2S2/c1-7(2)9-4-8(3)12(23(17,20)21)5-10(9)22-11-6-18-14(16)19-13(11)15/h4-7H,1-3H3,(H2,17,20,21)(H4,15,16,18,19). The minimum Gasteiger partial charge on any atom is -0.383 e. The molecule has 0 aliphatic rings. The van der Waals surface area contributed by atoms with Gasteiger partial charge in [0, 0.05) is 11.1 Å². The van der Waals surface area contributed by atoms with Crippen molar-refractivity contribution in [2.24, 2.45) is 5.14 Å². The molecule has 0 spiro atoms. The monoisotopic (exact) mass is 353 g/mol. The number of nitrogen functional groups attached to an aromatic ring is 2. The number of anilines is 2. The smallest absolute Gasteiger partial charge is 0.238 e. The molecule has 6 N–H and O–H groups in total. The highest BCUT2D eigenvalue weighted by Gasteiger charge is 2.18. The zero-order valence-electron chi connectivity index (χ0n) is 13.1. The van der Waals surface area contributed by atoms with E-state index in [0.717, 1.165) is 10.5 Å². The lowest BCUT2D eigenvalue weighted by molar-refractivity contribution is 0.596. The van der Waals surface area contributed by atoms with Crippen LogP contribution in [0.4, 0.5) is 11.8 Å². The lowest BCUT2D eigenvalue weighted by atomic mass is 10.0. The number of primary sulfonamides is 1. The first-order chi connectivity index (χ1) is 10.6. The topological polar surface area (TPSA) is 138 Å². The van der Waals surface area contributed by atoms with E-state index in [1.54, 1.807) is 13.0 Å². The predicted molar refractivity (Wildman–Crippen MR) is 91.6 cm³/mol. The molecule has 1 aromatic heterocycles. The van der Waals surface area contributed by atoms with Gasteiger partial charge in [-0.05, 0) is 30.0 Å². The molecule has 0 saturated carbocycles. The first-order valence-corrected chi connectivity index (χ1v) is 9.19. The van der Waals surface area contributed by atoms with E-state index < -0.39 is 10.0 Å². The molecule has 0 amide bonds. The predicted octanol–water partition coefficient (Wildman–Crippen LogP) is 1.87. The number of hydrogen-bond donors (Lipinski definition) is 3. The van der Waals surface area contributed by atoms with Crippen LogP contribution in [-0.2, 0) is 10.0 Å². The van der Waals surface area contributed by atoms with Crippen LogP contribution in [0.1, 0.15) is 30.9 Å². The molecule has 0 bridgehead atoms. The second-order valence-electron chi connectivity index (χ2n) is 5.43. The second-order valence-corrected chi connectivity index (χ2v) is 8.05. The highest BCUT2D eigenvalue weighted by atomic mass is 32.2. The van der Waals surface area contributed by atoms with E-state index in [2.05, 4.69) is 9.97 Å². The van der Waals surface area contributed by atoms with Gasteiger partial charge in [-0.15, -0.1) is 0 Å². The Bertz CT molecular complexity index is 850. The van der Waals surface area contributed by atoms with Crippen molar-refractivity contribution >= 4 is 33.6 Å². The third kappa shape index (κ3) is 3.92. The van der Waals surface area contributed by atoms with Gasteiger partial charge in [-0.1, -0.05) is 31.7 Å². The summed E-state index contributed by atoms with van der Waals surface area (Å²) in [4.78, 5) is 9.28. The highest BCUT2D eigenvalue weighted by Crippen LogP contribution is 2.38.